The number of ketones is 2. The van der Waals surface area contributed by atoms with E-state index in [0.29, 0.717) is 26.1 Å². The number of anilines is 1. The van der Waals surface area contributed by atoms with Crippen LogP contribution in [0.1, 0.15) is 63.1 Å². The first-order chi connectivity index (χ1) is 23.9. The van der Waals surface area contributed by atoms with Crippen LogP contribution in [-0.4, -0.2) is 74.4 Å². The van der Waals surface area contributed by atoms with Crippen molar-refractivity contribution in [2.75, 3.05) is 30.7 Å². The summed E-state index contributed by atoms with van der Waals surface area (Å²) in [4.78, 5) is 43.2. The minimum Gasteiger partial charge on any atom is -0.391 e. The third-order valence-corrected chi connectivity index (χ3v) is 10.6. The maximum absolute atomic E-state index is 14.2. The van der Waals surface area contributed by atoms with Gasteiger partial charge in [0, 0.05) is 50.7 Å². The standard InChI is InChI=1S/C40H45N3O6S/c1-28(31-17-11-6-12-18-31)21-36(44)32-23-33(25-35(24-32)42(2)50(3,48)49)37(45)26-34(22-29-13-7-4-8-14-29)39(46)38-40(47)43(20-19-41-38)27-30-15-9-5-10-16-30/h4-18,23-25,28,34,38-39,41,46H,19-22,26-27H2,1-3H3/t28-,34+,38?,39-/m0/s1. The molecule has 5 rings (SSSR count). The number of carbonyl (C=O) groups is 3. The molecule has 1 unspecified atom stereocenters. The maximum atomic E-state index is 14.2. The molecule has 2 N–H and O–H groups in total. The van der Waals surface area contributed by atoms with Crippen LogP contribution in [0.25, 0.3) is 0 Å². The number of aliphatic hydroxyl groups is 1. The highest BCUT2D eigenvalue weighted by Crippen LogP contribution is 2.29. The molecule has 1 amide bonds. The van der Waals surface area contributed by atoms with Crippen LogP contribution in [0.4, 0.5) is 5.69 Å². The first-order valence-electron chi connectivity index (χ1n) is 16.9. The second-order valence-electron chi connectivity index (χ2n) is 13.2. The number of hydrogen-bond acceptors (Lipinski definition) is 7. The first kappa shape index (κ1) is 36.6. The molecule has 0 bridgehead atoms. The summed E-state index contributed by atoms with van der Waals surface area (Å²) in [6.07, 6.45) is 0.192. The highest BCUT2D eigenvalue weighted by atomic mass is 32.2. The lowest BCUT2D eigenvalue weighted by atomic mass is 9.83. The molecule has 4 aromatic carbocycles. The van der Waals surface area contributed by atoms with Gasteiger partial charge in [-0.05, 0) is 53.1 Å². The van der Waals surface area contributed by atoms with E-state index in [1.807, 2.05) is 97.9 Å². The molecule has 0 aromatic heterocycles. The molecule has 4 aromatic rings. The average molecular weight is 696 g/mol. The number of sulfonamides is 1. The number of nitrogens with one attached hydrogen (secondary N) is 1. The summed E-state index contributed by atoms with van der Waals surface area (Å²) in [5.74, 6) is -1.61. The van der Waals surface area contributed by atoms with Crippen LogP contribution < -0.4 is 9.62 Å². The van der Waals surface area contributed by atoms with E-state index in [2.05, 4.69) is 5.32 Å². The first-order valence-corrected chi connectivity index (χ1v) is 18.7. The normalized spacial score (nSPS) is 16.8. The molecule has 1 aliphatic rings. The van der Waals surface area contributed by atoms with Crippen molar-refractivity contribution in [1.82, 2.24) is 10.2 Å². The molecule has 4 atom stereocenters. The Morgan fingerprint density at radius 3 is 1.98 bits per heavy atom. The molecule has 9 nitrogen and oxygen atoms in total. The highest BCUT2D eigenvalue weighted by Gasteiger charge is 2.38. The van der Waals surface area contributed by atoms with Crippen molar-refractivity contribution in [2.45, 2.75) is 50.8 Å². The van der Waals surface area contributed by atoms with Gasteiger partial charge < -0.3 is 15.3 Å². The van der Waals surface area contributed by atoms with Crippen LogP contribution in [0.5, 0.6) is 0 Å². The smallest absolute Gasteiger partial charge is 0.242 e. The molecule has 1 fully saturated rings. The summed E-state index contributed by atoms with van der Waals surface area (Å²) in [5.41, 5.74) is 3.44. The van der Waals surface area contributed by atoms with E-state index in [-0.39, 0.29) is 53.0 Å². The quantitative estimate of drug-likeness (QED) is 0.163. The molecule has 0 radical (unpaired) electrons. The van der Waals surface area contributed by atoms with Gasteiger partial charge in [-0.1, -0.05) is 97.9 Å². The van der Waals surface area contributed by atoms with E-state index in [1.165, 1.54) is 25.2 Å². The topological polar surface area (TPSA) is 124 Å². The van der Waals surface area contributed by atoms with Gasteiger partial charge in [-0.15, -0.1) is 0 Å². The molecule has 0 spiro atoms. The van der Waals surface area contributed by atoms with Gasteiger partial charge in [-0.2, -0.15) is 0 Å². The predicted molar refractivity (Wildman–Crippen MR) is 196 cm³/mol. The molecule has 1 heterocycles. The zero-order valence-electron chi connectivity index (χ0n) is 28.7. The van der Waals surface area contributed by atoms with Crippen molar-refractivity contribution in [3.63, 3.8) is 0 Å². The summed E-state index contributed by atoms with van der Waals surface area (Å²) in [5, 5.41) is 15.0. The average Bonchev–Trinajstić information content (AvgIpc) is 3.12. The SMILES string of the molecule is C[C@@H](CC(=O)c1cc(C(=O)C[C@@H](Cc2ccccc2)[C@H](O)C2NCCN(Cc3ccccc3)C2=O)cc(N(C)S(C)(=O)=O)c1)c1ccccc1. The predicted octanol–water partition coefficient (Wildman–Crippen LogP) is 5.25. The fourth-order valence-corrected chi connectivity index (χ4v) is 6.93. The van der Waals surface area contributed by atoms with Crippen molar-refractivity contribution < 1.29 is 27.9 Å². The van der Waals surface area contributed by atoms with Gasteiger partial charge in [-0.3, -0.25) is 18.7 Å². The van der Waals surface area contributed by atoms with Crippen molar-refractivity contribution in [3.05, 3.63) is 137 Å². The Bertz CT molecular complexity index is 1890. The number of benzene rings is 4. The van der Waals surface area contributed by atoms with Crippen molar-refractivity contribution >= 4 is 33.2 Å². The van der Waals surface area contributed by atoms with E-state index in [1.54, 1.807) is 4.90 Å². The van der Waals surface area contributed by atoms with Crippen LogP contribution in [-0.2, 0) is 27.8 Å². The zero-order chi connectivity index (χ0) is 35.8. The van der Waals surface area contributed by atoms with Crippen LogP contribution >= 0.6 is 0 Å². The Hall–Kier alpha value is -4.64. The summed E-state index contributed by atoms with van der Waals surface area (Å²) in [6.45, 7) is 3.33. The van der Waals surface area contributed by atoms with Crippen LogP contribution in [0.3, 0.4) is 0 Å². The minimum atomic E-state index is -3.71. The molecule has 1 aliphatic heterocycles. The largest absolute Gasteiger partial charge is 0.391 e. The monoisotopic (exact) mass is 695 g/mol. The summed E-state index contributed by atoms with van der Waals surface area (Å²) in [7, 11) is -2.33. The van der Waals surface area contributed by atoms with Crippen LogP contribution in [0, 0.1) is 5.92 Å². The Balaban J connectivity index is 1.43. The maximum Gasteiger partial charge on any atom is 0.242 e. The summed E-state index contributed by atoms with van der Waals surface area (Å²) < 4.78 is 26.2. The molecular formula is C40H45N3O6S. The zero-order valence-corrected chi connectivity index (χ0v) is 29.6. The van der Waals surface area contributed by atoms with E-state index >= 15 is 0 Å². The number of nitrogens with zero attached hydrogens (tertiary/aromatic N) is 2. The van der Waals surface area contributed by atoms with Gasteiger partial charge in [0.15, 0.2) is 11.6 Å². The number of hydrogen-bond donors (Lipinski definition) is 2. The molecule has 0 aliphatic carbocycles. The molecule has 0 saturated carbocycles. The van der Waals surface area contributed by atoms with Gasteiger partial charge >= 0.3 is 0 Å². The highest BCUT2D eigenvalue weighted by molar-refractivity contribution is 7.92. The van der Waals surface area contributed by atoms with Gasteiger partial charge in [0.2, 0.25) is 15.9 Å². The fourth-order valence-electron chi connectivity index (χ4n) is 6.44. The Morgan fingerprint density at radius 1 is 0.860 bits per heavy atom. The molecule has 50 heavy (non-hydrogen) atoms. The third kappa shape index (κ3) is 9.32. The van der Waals surface area contributed by atoms with Crippen LogP contribution in [0.15, 0.2) is 109 Å². The van der Waals surface area contributed by atoms with Crippen LogP contribution in [0.2, 0.25) is 0 Å². The Kier molecular flexibility index (Phi) is 12.0. The lowest BCUT2D eigenvalue weighted by Crippen LogP contribution is -2.60. The van der Waals surface area contributed by atoms with Gasteiger partial charge in [0.25, 0.3) is 0 Å². The minimum absolute atomic E-state index is 0.105. The fraction of sp³-hybridized carbons (Fsp3) is 0.325. The lowest BCUT2D eigenvalue weighted by molar-refractivity contribution is -0.140. The number of piperazine rings is 1. The second-order valence-corrected chi connectivity index (χ2v) is 15.2. The van der Waals surface area contributed by atoms with E-state index < -0.39 is 28.1 Å². The Labute approximate surface area is 295 Å². The number of amides is 1. The van der Waals surface area contributed by atoms with E-state index in [9.17, 15) is 27.9 Å². The van der Waals surface area contributed by atoms with Gasteiger partial charge in [-0.25, -0.2) is 8.42 Å². The number of carbonyl (C=O) groups excluding carboxylic acids is 3. The molecule has 1 saturated heterocycles. The second kappa shape index (κ2) is 16.4. The van der Waals surface area contributed by atoms with Crippen molar-refractivity contribution in [1.29, 1.82) is 0 Å². The Morgan fingerprint density at radius 2 is 1.40 bits per heavy atom. The third-order valence-electron chi connectivity index (χ3n) is 9.44. The van der Waals surface area contributed by atoms with E-state index in [0.717, 1.165) is 27.3 Å². The molecular weight excluding hydrogens is 651 g/mol. The summed E-state index contributed by atoms with van der Waals surface area (Å²) in [6, 6.07) is 32.3. The number of Topliss-reactive ketones (excluding diaryl/α,β-unsaturated/α-hetero) is 2. The summed E-state index contributed by atoms with van der Waals surface area (Å²) >= 11 is 0. The molecule has 10 heteroatoms. The number of aliphatic hydroxyl groups excluding tert-OH is 1. The van der Waals surface area contributed by atoms with E-state index in [4.69, 9.17) is 0 Å². The van der Waals surface area contributed by atoms with Crippen molar-refractivity contribution in [2.24, 2.45) is 5.92 Å². The van der Waals surface area contributed by atoms with Gasteiger partial charge in [0.1, 0.15) is 6.04 Å². The molecule has 262 valence electrons. The van der Waals surface area contributed by atoms with Gasteiger partial charge in [0.05, 0.1) is 18.0 Å². The lowest BCUT2D eigenvalue weighted by Gasteiger charge is -2.38. The van der Waals surface area contributed by atoms with Crippen molar-refractivity contribution in [3.8, 4) is 0 Å². The number of rotatable bonds is 15.